The molecular formula is C35H39ClN8O5. The summed E-state index contributed by atoms with van der Waals surface area (Å²) in [7, 11) is 1.62. The Morgan fingerprint density at radius 1 is 1.20 bits per heavy atom. The van der Waals surface area contributed by atoms with Crippen molar-refractivity contribution in [2.24, 2.45) is 5.92 Å². The molecule has 4 aromatic rings. The second kappa shape index (κ2) is 13.6. The van der Waals surface area contributed by atoms with E-state index in [1.807, 2.05) is 43.7 Å². The lowest BCUT2D eigenvalue weighted by Gasteiger charge is -2.38. The van der Waals surface area contributed by atoms with E-state index in [9.17, 15) is 14.9 Å². The molecule has 3 aromatic heterocycles. The number of carbonyl (C=O) groups excluding carboxylic acids is 2. The van der Waals surface area contributed by atoms with Gasteiger partial charge >= 0.3 is 6.09 Å². The van der Waals surface area contributed by atoms with Gasteiger partial charge in [0.1, 0.15) is 23.2 Å². The van der Waals surface area contributed by atoms with Crippen molar-refractivity contribution in [3.63, 3.8) is 0 Å². The number of ether oxygens (including phenoxy) is 3. The number of hydrogen-bond acceptors (Lipinski definition) is 10. The minimum Gasteiger partial charge on any atom is -0.482 e. The molecule has 1 fully saturated rings. The number of pyridine rings is 1. The van der Waals surface area contributed by atoms with Gasteiger partial charge in [0, 0.05) is 37.0 Å². The van der Waals surface area contributed by atoms with E-state index in [0.29, 0.717) is 76.1 Å². The van der Waals surface area contributed by atoms with Crippen LogP contribution in [0.25, 0.3) is 22.2 Å². The molecule has 1 saturated heterocycles. The van der Waals surface area contributed by atoms with Gasteiger partial charge in [0.25, 0.3) is 5.91 Å². The predicted octanol–water partition coefficient (Wildman–Crippen LogP) is 5.73. The number of fused-ring (bicyclic) bond motifs is 2. The topological polar surface area (TPSA) is 149 Å². The van der Waals surface area contributed by atoms with Crippen LogP contribution >= 0.6 is 11.6 Å². The Bertz CT molecular complexity index is 1930. The maximum atomic E-state index is 12.9. The normalized spacial score (nSPS) is 18.0. The fourth-order valence-electron chi connectivity index (χ4n) is 6.31. The van der Waals surface area contributed by atoms with Crippen molar-refractivity contribution in [1.82, 2.24) is 29.6 Å². The number of rotatable bonds is 7. The van der Waals surface area contributed by atoms with Crippen molar-refractivity contribution in [3.05, 3.63) is 58.9 Å². The van der Waals surface area contributed by atoms with Crippen molar-refractivity contribution in [2.75, 3.05) is 31.7 Å². The van der Waals surface area contributed by atoms with Crippen LogP contribution < -0.4 is 9.64 Å². The highest BCUT2D eigenvalue weighted by Gasteiger charge is 2.37. The molecule has 2 aliphatic rings. The van der Waals surface area contributed by atoms with Crippen molar-refractivity contribution in [3.8, 4) is 22.9 Å². The molecule has 0 spiro atoms. The summed E-state index contributed by atoms with van der Waals surface area (Å²) in [6.07, 6.45) is 5.11. The molecule has 5 heterocycles. The number of aromatic nitrogens is 5. The summed E-state index contributed by atoms with van der Waals surface area (Å²) in [6.45, 7) is 10.5. The molecule has 0 radical (unpaired) electrons. The van der Waals surface area contributed by atoms with Crippen LogP contribution in [0.1, 0.15) is 64.2 Å². The lowest BCUT2D eigenvalue weighted by molar-refractivity contribution is -0.121. The van der Waals surface area contributed by atoms with Crippen molar-refractivity contribution < 1.29 is 23.8 Å². The molecule has 1 aromatic carbocycles. The van der Waals surface area contributed by atoms with Crippen LogP contribution in [-0.2, 0) is 27.2 Å². The van der Waals surface area contributed by atoms with E-state index in [1.54, 1.807) is 23.1 Å². The quantitative estimate of drug-likeness (QED) is 0.236. The van der Waals surface area contributed by atoms with Gasteiger partial charge in [-0.05, 0) is 57.2 Å². The number of methoxy groups -OCH3 is 1. The van der Waals surface area contributed by atoms with E-state index >= 15 is 0 Å². The molecule has 2 aliphatic heterocycles. The first kappa shape index (κ1) is 34.1. The van der Waals surface area contributed by atoms with Gasteiger partial charge in [-0.3, -0.25) is 9.69 Å². The standard InChI is InChI=1S/C35H39ClN8O5/c1-20(2)11-25-23(13-37)32(21-7-8-26-28(12-21)48-19-31(45)43(26)18-30-38-14-22(36)15-39-30)24-16-40-44(33(24)41-25)27-9-10-42(17-29(27)47-6)34(46)49-35(3,4)5/h7-8,12,14-16,20,27,29H,9-11,17-19H2,1-6H3. The largest absolute Gasteiger partial charge is 0.482 e. The highest BCUT2D eigenvalue weighted by molar-refractivity contribution is 6.30. The number of amides is 2. The molecule has 13 nitrogen and oxygen atoms in total. The fraction of sp³-hybridized carbons (Fsp3) is 0.457. The summed E-state index contributed by atoms with van der Waals surface area (Å²) < 4.78 is 19.3. The number of nitriles is 1. The van der Waals surface area contributed by atoms with Gasteiger partial charge in [-0.2, -0.15) is 10.4 Å². The molecule has 0 N–H and O–H groups in total. The molecule has 0 aliphatic carbocycles. The van der Waals surface area contributed by atoms with Gasteiger partial charge < -0.3 is 19.1 Å². The minimum atomic E-state index is -0.610. The van der Waals surface area contributed by atoms with Crippen molar-refractivity contribution in [2.45, 2.75) is 71.8 Å². The molecular weight excluding hydrogens is 648 g/mol. The van der Waals surface area contributed by atoms with Crippen LogP contribution in [0.15, 0.2) is 36.8 Å². The van der Waals surface area contributed by atoms with Crippen LogP contribution in [-0.4, -0.2) is 80.1 Å². The first-order chi connectivity index (χ1) is 23.4. The molecule has 0 bridgehead atoms. The third kappa shape index (κ3) is 7.02. The Labute approximate surface area is 289 Å². The number of benzene rings is 1. The number of nitrogens with zero attached hydrogens (tertiary/aromatic N) is 8. The van der Waals surface area contributed by atoms with E-state index in [4.69, 9.17) is 35.9 Å². The lowest BCUT2D eigenvalue weighted by Crippen LogP contribution is -2.49. The SMILES string of the molecule is COC1CN(C(=O)OC(C)(C)C)CCC1n1ncc2c(-c3ccc4c(c3)OCC(=O)N4Cc3ncc(Cl)cn3)c(C#N)c(CC(C)C)nc21. The first-order valence-electron chi connectivity index (χ1n) is 16.2. The molecule has 256 valence electrons. The van der Waals surface area contributed by atoms with Gasteiger partial charge in [-0.25, -0.2) is 24.4 Å². The minimum absolute atomic E-state index is 0.146. The van der Waals surface area contributed by atoms with Crippen LogP contribution in [0.4, 0.5) is 10.5 Å². The van der Waals surface area contributed by atoms with Gasteiger partial charge in [-0.15, -0.1) is 0 Å². The van der Waals surface area contributed by atoms with Gasteiger partial charge in [0.05, 0.1) is 53.4 Å². The molecule has 14 heteroatoms. The summed E-state index contributed by atoms with van der Waals surface area (Å²) in [5.74, 6) is 0.932. The predicted molar refractivity (Wildman–Crippen MR) is 182 cm³/mol. The van der Waals surface area contributed by atoms with E-state index < -0.39 is 5.60 Å². The smallest absolute Gasteiger partial charge is 0.410 e. The average molecular weight is 687 g/mol. The molecule has 0 saturated carbocycles. The third-order valence-electron chi connectivity index (χ3n) is 8.49. The highest BCUT2D eigenvalue weighted by atomic mass is 35.5. The number of carbonyl (C=O) groups is 2. The van der Waals surface area contributed by atoms with E-state index in [2.05, 4.69) is 29.9 Å². The number of likely N-dealkylation sites (tertiary alicyclic amines) is 1. The van der Waals surface area contributed by atoms with Crippen LogP contribution in [0, 0.1) is 17.2 Å². The Morgan fingerprint density at radius 3 is 2.63 bits per heavy atom. The zero-order chi connectivity index (χ0) is 35.0. The van der Waals surface area contributed by atoms with E-state index in [0.717, 1.165) is 5.56 Å². The zero-order valence-corrected chi connectivity index (χ0v) is 29.2. The summed E-state index contributed by atoms with van der Waals surface area (Å²) in [4.78, 5) is 42.6. The highest BCUT2D eigenvalue weighted by Crippen LogP contribution is 2.41. The van der Waals surface area contributed by atoms with E-state index in [-0.39, 0.29) is 43.2 Å². The summed E-state index contributed by atoms with van der Waals surface area (Å²) in [5, 5.41) is 16.5. The third-order valence-corrected chi connectivity index (χ3v) is 8.68. The van der Waals surface area contributed by atoms with Crippen molar-refractivity contribution in [1.29, 1.82) is 5.26 Å². The summed E-state index contributed by atoms with van der Waals surface area (Å²) in [6, 6.07) is 7.74. The maximum Gasteiger partial charge on any atom is 0.410 e. The molecule has 2 amide bonds. The number of halogens is 1. The average Bonchev–Trinajstić information content (AvgIpc) is 3.47. The Balaban J connectivity index is 1.40. The molecule has 2 unspecified atom stereocenters. The molecule has 6 rings (SSSR count). The molecule has 2 atom stereocenters. The van der Waals surface area contributed by atoms with E-state index in [1.165, 1.54) is 12.4 Å². The Kier molecular flexibility index (Phi) is 9.46. The van der Waals surface area contributed by atoms with Gasteiger partial charge in [0.15, 0.2) is 12.3 Å². The van der Waals surface area contributed by atoms with Crippen molar-refractivity contribution >= 4 is 40.3 Å². The van der Waals surface area contributed by atoms with Gasteiger partial charge in [0.2, 0.25) is 0 Å². The molecule has 49 heavy (non-hydrogen) atoms. The monoisotopic (exact) mass is 686 g/mol. The second-order valence-electron chi connectivity index (χ2n) is 13.7. The Morgan fingerprint density at radius 2 is 1.96 bits per heavy atom. The van der Waals surface area contributed by atoms with Crippen LogP contribution in [0.2, 0.25) is 5.02 Å². The summed E-state index contributed by atoms with van der Waals surface area (Å²) in [5.41, 5.74) is 3.12. The first-order valence-corrected chi connectivity index (χ1v) is 16.6. The van der Waals surface area contributed by atoms with Crippen LogP contribution in [0.5, 0.6) is 5.75 Å². The van der Waals surface area contributed by atoms with Crippen LogP contribution in [0.3, 0.4) is 0 Å². The summed E-state index contributed by atoms with van der Waals surface area (Å²) >= 11 is 5.96. The number of hydrogen-bond donors (Lipinski definition) is 0. The number of piperidine rings is 1. The number of anilines is 1. The van der Waals surface area contributed by atoms with Gasteiger partial charge in [-0.1, -0.05) is 31.5 Å². The maximum absolute atomic E-state index is 12.9. The fourth-order valence-corrected chi connectivity index (χ4v) is 6.40. The lowest BCUT2D eigenvalue weighted by atomic mass is 9.93. The zero-order valence-electron chi connectivity index (χ0n) is 28.4. The second-order valence-corrected chi connectivity index (χ2v) is 14.1. The Hall–Kier alpha value is -4.80.